The van der Waals surface area contributed by atoms with Crippen LogP contribution in [0, 0.1) is 0 Å². The van der Waals surface area contributed by atoms with Crippen molar-refractivity contribution in [1.29, 1.82) is 0 Å². The van der Waals surface area contributed by atoms with E-state index in [-0.39, 0.29) is 5.54 Å². The Morgan fingerprint density at radius 2 is 1.83 bits per heavy atom. The molecule has 6 heteroatoms. The van der Waals surface area contributed by atoms with Gasteiger partial charge in [0.15, 0.2) is 15.3 Å². The third-order valence-corrected chi connectivity index (χ3v) is 8.16. The highest BCUT2D eigenvalue weighted by molar-refractivity contribution is 7.99. The van der Waals surface area contributed by atoms with Crippen LogP contribution in [0.5, 0.6) is 0 Å². The molecule has 2 aliphatic rings. The number of aromatic nitrogens is 1. The van der Waals surface area contributed by atoms with E-state index in [0.29, 0.717) is 11.4 Å². The van der Waals surface area contributed by atoms with Crippen LogP contribution in [0.25, 0.3) is 0 Å². The van der Waals surface area contributed by atoms with E-state index in [2.05, 4.69) is 22.0 Å². The number of benzene rings is 2. The Bertz CT molecular complexity index is 1080. The van der Waals surface area contributed by atoms with E-state index >= 15 is 0 Å². The number of likely N-dealkylation sites (tertiary alicyclic amines) is 1. The molecule has 5 nitrogen and oxygen atoms in total. The van der Waals surface area contributed by atoms with Gasteiger partial charge in [0.1, 0.15) is 0 Å². The average molecular weight is 420 g/mol. The molecule has 0 bridgehead atoms. The maximum Gasteiger partial charge on any atom is 0.183 e. The summed E-state index contributed by atoms with van der Waals surface area (Å²) in [5.41, 5.74) is 2.86. The van der Waals surface area contributed by atoms with Crippen LogP contribution in [0.4, 0.5) is 5.69 Å². The molecule has 2 aliphatic heterocycles. The number of hydrogen-bond acceptors (Lipinski definition) is 4. The van der Waals surface area contributed by atoms with Crippen molar-refractivity contribution >= 4 is 16.1 Å². The molecule has 2 atom stereocenters. The van der Waals surface area contributed by atoms with Gasteiger partial charge in [-0.1, -0.05) is 46.7 Å². The molecule has 0 N–H and O–H groups in total. The van der Waals surface area contributed by atoms with Crippen molar-refractivity contribution in [1.82, 2.24) is 9.88 Å². The molecule has 2 unspecified atom stereocenters. The lowest BCUT2D eigenvalue weighted by Gasteiger charge is -2.47. The molecule has 3 aromatic rings. The van der Waals surface area contributed by atoms with Crippen molar-refractivity contribution in [2.45, 2.75) is 36.2 Å². The van der Waals surface area contributed by atoms with Gasteiger partial charge < -0.3 is 4.55 Å². The van der Waals surface area contributed by atoms with E-state index in [4.69, 9.17) is 0 Å². The maximum atomic E-state index is 13.7. The minimum Gasteiger partial charge on any atom is -0.588 e. The van der Waals surface area contributed by atoms with E-state index in [1.807, 2.05) is 36.5 Å². The number of rotatable bonds is 4. The Kier molecular flexibility index (Phi) is 4.93. The number of pyridine rings is 1. The fourth-order valence-corrected chi connectivity index (χ4v) is 6.54. The van der Waals surface area contributed by atoms with Crippen molar-refractivity contribution in [3.8, 4) is 0 Å². The van der Waals surface area contributed by atoms with E-state index < -0.39 is 10.4 Å². The van der Waals surface area contributed by atoms with Crippen molar-refractivity contribution in [2.24, 2.45) is 0 Å². The molecule has 30 heavy (non-hydrogen) atoms. The van der Waals surface area contributed by atoms with Crippen molar-refractivity contribution in [3.05, 3.63) is 90.3 Å². The van der Waals surface area contributed by atoms with Gasteiger partial charge in [0, 0.05) is 24.5 Å². The number of sulfonamides is 1. The monoisotopic (exact) mass is 419 g/mol. The highest BCUT2D eigenvalue weighted by Gasteiger charge is 2.50. The first kappa shape index (κ1) is 19.4. The summed E-state index contributed by atoms with van der Waals surface area (Å²) in [4.78, 5) is 7.06. The van der Waals surface area contributed by atoms with Crippen LogP contribution in [0.1, 0.15) is 24.0 Å². The molecule has 5 rings (SSSR count). The second-order valence-electron chi connectivity index (χ2n) is 8.24. The van der Waals surface area contributed by atoms with Crippen molar-refractivity contribution in [2.75, 3.05) is 17.4 Å². The first-order chi connectivity index (χ1) is 14.6. The third-order valence-electron chi connectivity index (χ3n) is 6.39. The smallest absolute Gasteiger partial charge is 0.183 e. The fourth-order valence-electron chi connectivity index (χ4n) is 4.93. The van der Waals surface area contributed by atoms with Gasteiger partial charge >= 0.3 is 0 Å². The van der Waals surface area contributed by atoms with Crippen LogP contribution in [-0.4, -0.2) is 33.1 Å². The summed E-state index contributed by atoms with van der Waals surface area (Å²) < 4.78 is 28.9. The molecule has 0 aliphatic carbocycles. The second kappa shape index (κ2) is 7.61. The van der Waals surface area contributed by atoms with Gasteiger partial charge in [0.2, 0.25) is 0 Å². The molecule has 154 valence electrons. The van der Waals surface area contributed by atoms with Gasteiger partial charge in [-0.05, 0) is 61.2 Å². The predicted octanol–water partition coefficient (Wildman–Crippen LogP) is 4.08. The van der Waals surface area contributed by atoms with E-state index in [0.717, 1.165) is 49.2 Å². The summed E-state index contributed by atoms with van der Waals surface area (Å²) in [6, 6.07) is 20.8. The first-order valence-electron chi connectivity index (χ1n) is 10.4. The largest absolute Gasteiger partial charge is 0.588 e. The molecule has 1 aromatic heterocycles. The molecule has 0 saturated carbocycles. The Balaban J connectivity index is 1.55. The lowest BCUT2D eigenvalue weighted by molar-refractivity contribution is 0.132. The number of anilines is 1. The first-order valence-corrected chi connectivity index (χ1v) is 11.8. The minimum absolute atomic E-state index is 0.202. The molecular weight excluding hydrogens is 394 g/mol. The standard InChI is InChI=1S/C24H25N3O2S/c28-30(29,22-10-2-1-3-11-22)27-19-24(16-21-9-4-5-12-23(21)27)13-7-15-26(24)18-20-8-6-14-25-17-20/h1-6,8-12,14,17H,7,13,15-16,18-19H2. The van der Waals surface area contributed by atoms with Gasteiger partial charge in [-0.2, -0.15) is 4.31 Å². The molecule has 1 saturated heterocycles. The Morgan fingerprint density at radius 3 is 2.63 bits per heavy atom. The van der Waals surface area contributed by atoms with Crippen molar-refractivity contribution in [3.63, 3.8) is 0 Å². The predicted molar refractivity (Wildman–Crippen MR) is 118 cm³/mol. The van der Waals surface area contributed by atoms with Crippen LogP contribution >= 0.6 is 0 Å². The lowest BCUT2D eigenvalue weighted by atomic mass is 9.84. The summed E-state index contributed by atoms with van der Waals surface area (Å²) in [5.74, 6) is 0. The Morgan fingerprint density at radius 1 is 1.03 bits per heavy atom. The maximum absolute atomic E-state index is 13.7. The normalized spacial score (nSPS) is 23.3. The number of para-hydroxylation sites is 1. The molecular formula is C24H25N3O2S. The highest BCUT2D eigenvalue weighted by atomic mass is 32.3. The molecule has 1 fully saturated rings. The summed E-state index contributed by atoms with van der Waals surface area (Å²) in [5, 5.41) is 0. The van der Waals surface area contributed by atoms with Crippen LogP contribution < -0.4 is 4.31 Å². The third kappa shape index (κ3) is 3.35. The number of nitrogens with zero attached hydrogens (tertiary/aromatic N) is 3. The van der Waals surface area contributed by atoms with Gasteiger partial charge in [0.25, 0.3) is 0 Å². The summed E-state index contributed by atoms with van der Waals surface area (Å²) in [7, 11) is -3.64. The summed E-state index contributed by atoms with van der Waals surface area (Å²) in [6.45, 7) is 2.23. The summed E-state index contributed by atoms with van der Waals surface area (Å²) >= 11 is 0. The fraction of sp³-hybridized carbons (Fsp3) is 0.292. The van der Waals surface area contributed by atoms with Crippen LogP contribution in [0.2, 0.25) is 0 Å². The summed E-state index contributed by atoms with van der Waals surface area (Å²) in [6.07, 6.45) is 6.61. The van der Waals surface area contributed by atoms with Crippen LogP contribution in [-0.2, 0) is 27.6 Å². The van der Waals surface area contributed by atoms with Crippen LogP contribution in [0.15, 0.2) is 84.0 Å². The van der Waals surface area contributed by atoms with Gasteiger partial charge in [0.05, 0.1) is 12.2 Å². The SMILES string of the molecule is O=[S+]([O-])(c1ccccc1)N1CC2(CCCN2Cc2cccnc2)Cc2ccccc21. The number of hydrogen-bond donors (Lipinski definition) is 0. The number of fused-ring (bicyclic) bond motifs is 1. The topological polar surface area (TPSA) is 59.5 Å². The molecule has 0 radical (unpaired) electrons. The zero-order valence-corrected chi connectivity index (χ0v) is 17.6. The minimum atomic E-state index is -3.64. The van der Waals surface area contributed by atoms with Gasteiger partial charge in [-0.15, -0.1) is 0 Å². The zero-order valence-electron chi connectivity index (χ0n) is 16.8. The van der Waals surface area contributed by atoms with E-state index in [1.54, 1.807) is 34.8 Å². The molecule has 2 aromatic carbocycles. The Labute approximate surface area is 178 Å². The lowest BCUT2D eigenvalue weighted by Crippen LogP contribution is -2.58. The van der Waals surface area contributed by atoms with Crippen LogP contribution in [0.3, 0.4) is 0 Å². The molecule has 0 amide bonds. The van der Waals surface area contributed by atoms with E-state index in [1.165, 1.54) is 0 Å². The highest BCUT2D eigenvalue weighted by Crippen LogP contribution is 2.44. The average Bonchev–Trinajstić information content (AvgIpc) is 3.15. The Hall–Kier alpha value is -2.54. The molecule has 3 heterocycles. The van der Waals surface area contributed by atoms with Gasteiger partial charge in [-0.3, -0.25) is 9.88 Å². The van der Waals surface area contributed by atoms with Crippen molar-refractivity contribution < 1.29 is 8.76 Å². The quantitative estimate of drug-likeness (QED) is 0.598. The molecule has 1 spiro atoms. The van der Waals surface area contributed by atoms with Gasteiger partial charge in [-0.25, -0.2) is 0 Å². The van der Waals surface area contributed by atoms with E-state index in [9.17, 15) is 8.76 Å². The zero-order chi connectivity index (χ0) is 20.6. The second-order valence-corrected chi connectivity index (χ2v) is 10.1.